The van der Waals surface area contributed by atoms with Crippen LogP contribution in [0.1, 0.15) is 24.0 Å². The molecule has 0 saturated carbocycles. The maximum atomic E-state index is 11.8. The molecule has 2 N–H and O–H groups in total. The quantitative estimate of drug-likeness (QED) is 0.691. The van der Waals surface area contributed by atoms with Gasteiger partial charge in [-0.05, 0) is 49.6 Å². The Balaban J connectivity index is 1.56. The SMILES string of the molecule is Cc1cccc(OCCC(=O)NCCCNc2ccccc2)c1C. The van der Waals surface area contributed by atoms with Crippen LogP contribution in [0.25, 0.3) is 0 Å². The predicted molar refractivity (Wildman–Crippen MR) is 98.6 cm³/mol. The van der Waals surface area contributed by atoms with Crippen LogP contribution in [0.15, 0.2) is 48.5 Å². The van der Waals surface area contributed by atoms with Crippen molar-refractivity contribution in [3.63, 3.8) is 0 Å². The smallest absolute Gasteiger partial charge is 0.223 e. The van der Waals surface area contributed by atoms with Gasteiger partial charge in [0.2, 0.25) is 5.91 Å². The molecule has 0 saturated heterocycles. The molecule has 0 unspecified atom stereocenters. The molecule has 0 bridgehead atoms. The minimum atomic E-state index is 0.0278. The van der Waals surface area contributed by atoms with Crippen molar-refractivity contribution in [2.45, 2.75) is 26.7 Å². The van der Waals surface area contributed by atoms with E-state index >= 15 is 0 Å². The van der Waals surface area contributed by atoms with Crippen LogP contribution in [0.3, 0.4) is 0 Å². The number of benzene rings is 2. The molecule has 0 aliphatic rings. The topological polar surface area (TPSA) is 50.4 Å². The van der Waals surface area contributed by atoms with Crippen LogP contribution in [0.2, 0.25) is 0 Å². The predicted octanol–water partition coefficient (Wildman–Crippen LogP) is 3.69. The van der Waals surface area contributed by atoms with Crippen molar-refractivity contribution in [1.29, 1.82) is 0 Å². The Morgan fingerprint density at radius 2 is 1.79 bits per heavy atom. The van der Waals surface area contributed by atoms with E-state index in [0.717, 1.165) is 30.0 Å². The second kappa shape index (κ2) is 9.60. The molecule has 1 amide bonds. The van der Waals surface area contributed by atoms with Gasteiger partial charge < -0.3 is 15.4 Å². The molecule has 0 heterocycles. The highest BCUT2D eigenvalue weighted by atomic mass is 16.5. The number of aryl methyl sites for hydroxylation is 1. The van der Waals surface area contributed by atoms with Gasteiger partial charge in [0.25, 0.3) is 0 Å². The Morgan fingerprint density at radius 3 is 2.58 bits per heavy atom. The molecule has 0 aromatic heterocycles. The number of anilines is 1. The summed E-state index contributed by atoms with van der Waals surface area (Å²) in [6, 6.07) is 16.0. The number of rotatable bonds is 9. The van der Waals surface area contributed by atoms with Crippen molar-refractivity contribution in [2.75, 3.05) is 25.0 Å². The third kappa shape index (κ3) is 5.95. The summed E-state index contributed by atoms with van der Waals surface area (Å²) in [5.74, 6) is 0.884. The third-order valence-corrected chi connectivity index (χ3v) is 3.92. The summed E-state index contributed by atoms with van der Waals surface area (Å²) >= 11 is 0. The van der Waals surface area contributed by atoms with E-state index in [1.807, 2.05) is 49.4 Å². The van der Waals surface area contributed by atoms with Gasteiger partial charge in [-0.25, -0.2) is 0 Å². The van der Waals surface area contributed by atoms with Crippen molar-refractivity contribution >= 4 is 11.6 Å². The average Bonchev–Trinajstić information content (AvgIpc) is 2.59. The number of amides is 1. The summed E-state index contributed by atoms with van der Waals surface area (Å²) in [7, 11) is 0. The van der Waals surface area contributed by atoms with Gasteiger partial charge in [-0.15, -0.1) is 0 Å². The monoisotopic (exact) mass is 326 g/mol. The Labute approximate surface area is 144 Å². The standard InChI is InChI=1S/C20H26N2O2/c1-16-8-6-11-19(17(16)2)24-15-12-20(23)22-14-7-13-21-18-9-4-3-5-10-18/h3-6,8-11,21H,7,12-15H2,1-2H3,(H,22,23). The average molecular weight is 326 g/mol. The van der Waals surface area contributed by atoms with E-state index in [0.29, 0.717) is 19.6 Å². The van der Waals surface area contributed by atoms with Crippen molar-refractivity contribution in [3.8, 4) is 5.75 Å². The maximum Gasteiger partial charge on any atom is 0.223 e. The molecule has 2 aromatic carbocycles. The van der Waals surface area contributed by atoms with Gasteiger partial charge in [0, 0.05) is 18.8 Å². The summed E-state index contributed by atoms with van der Waals surface area (Å²) < 4.78 is 5.70. The van der Waals surface area contributed by atoms with Crippen LogP contribution in [-0.2, 0) is 4.79 Å². The Morgan fingerprint density at radius 1 is 1.00 bits per heavy atom. The van der Waals surface area contributed by atoms with Crippen LogP contribution in [0.4, 0.5) is 5.69 Å². The van der Waals surface area contributed by atoms with Gasteiger partial charge in [-0.3, -0.25) is 4.79 Å². The Kier molecular flexibility index (Phi) is 7.15. The second-order valence-corrected chi connectivity index (χ2v) is 5.79. The number of carbonyl (C=O) groups excluding carboxylic acids is 1. The van der Waals surface area contributed by atoms with E-state index < -0.39 is 0 Å². The first-order valence-corrected chi connectivity index (χ1v) is 8.41. The molecule has 0 fully saturated rings. The normalized spacial score (nSPS) is 10.2. The fraction of sp³-hybridized carbons (Fsp3) is 0.350. The zero-order valence-corrected chi connectivity index (χ0v) is 14.5. The number of ether oxygens (including phenoxy) is 1. The van der Waals surface area contributed by atoms with E-state index in [4.69, 9.17) is 4.74 Å². The zero-order chi connectivity index (χ0) is 17.2. The highest BCUT2D eigenvalue weighted by molar-refractivity contribution is 5.75. The number of para-hydroxylation sites is 1. The fourth-order valence-electron chi connectivity index (χ4n) is 2.33. The van der Waals surface area contributed by atoms with Crippen molar-refractivity contribution < 1.29 is 9.53 Å². The third-order valence-electron chi connectivity index (χ3n) is 3.92. The maximum absolute atomic E-state index is 11.8. The lowest BCUT2D eigenvalue weighted by Gasteiger charge is -2.11. The Bertz CT molecular complexity index is 641. The highest BCUT2D eigenvalue weighted by Gasteiger charge is 2.04. The fourth-order valence-corrected chi connectivity index (χ4v) is 2.33. The van der Waals surface area contributed by atoms with Crippen LogP contribution in [-0.4, -0.2) is 25.6 Å². The van der Waals surface area contributed by atoms with E-state index in [2.05, 4.69) is 23.6 Å². The van der Waals surface area contributed by atoms with Crippen molar-refractivity contribution in [1.82, 2.24) is 5.32 Å². The van der Waals surface area contributed by atoms with Gasteiger partial charge in [0.05, 0.1) is 13.0 Å². The van der Waals surface area contributed by atoms with Crippen LogP contribution >= 0.6 is 0 Å². The van der Waals surface area contributed by atoms with Gasteiger partial charge in [-0.1, -0.05) is 30.3 Å². The lowest BCUT2D eigenvalue weighted by Crippen LogP contribution is -2.27. The van der Waals surface area contributed by atoms with Crippen LogP contribution in [0.5, 0.6) is 5.75 Å². The molecular formula is C20H26N2O2. The first-order valence-electron chi connectivity index (χ1n) is 8.41. The van der Waals surface area contributed by atoms with Crippen molar-refractivity contribution in [2.24, 2.45) is 0 Å². The molecular weight excluding hydrogens is 300 g/mol. The summed E-state index contributed by atoms with van der Waals surface area (Å²) in [4.78, 5) is 11.8. The van der Waals surface area contributed by atoms with Gasteiger partial charge >= 0.3 is 0 Å². The van der Waals surface area contributed by atoms with E-state index in [9.17, 15) is 4.79 Å². The van der Waals surface area contributed by atoms with E-state index in [1.54, 1.807) is 0 Å². The number of nitrogens with one attached hydrogen (secondary N) is 2. The van der Waals surface area contributed by atoms with Crippen LogP contribution in [0, 0.1) is 13.8 Å². The number of hydrogen-bond acceptors (Lipinski definition) is 3. The zero-order valence-electron chi connectivity index (χ0n) is 14.5. The minimum Gasteiger partial charge on any atom is -0.493 e. The summed E-state index contributed by atoms with van der Waals surface area (Å²) in [5, 5.41) is 6.24. The van der Waals surface area contributed by atoms with Gasteiger partial charge in [-0.2, -0.15) is 0 Å². The van der Waals surface area contributed by atoms with E-state index in [1.165, 1.54) is 5.56 Å². The molecule has 4 nitrogen and oxygen atoms in total. The first-order chi connectivity index (χ1) is 11.7. The molecule has 0 radical (unpaired) electrons. The van der Waals surface area contributed by atoms with Gasteiger partial charge in [0.1, 0.15) is 5.75 Å². The number of carbonyl (C=O) groups is 1. The molecule has 0 atom stereocenters. The van der Waals surface area contributed by atoms with Crippen LogP contribution < -0.4 is 15.4 Å². The van der Waals surface area contributed by atoms with Crippen molar-refractivity contribution in [3.05, 3.63) is 59.7 Å². The summed E-state index contributed by atoms with van der Waals surface area (Å²) in [5.41, 5.74) is 3.43. The molecule has 0 aliphatic heterocycles. The number of hydrogen-bond donors (Lipinski definition) is 2. The molecule has 2 aromatic rings. The molecule has 4 heteroatoms. The first kappa shape index (κ1) is 17.9. The summed E-state index contributed by atoms with van der Waals surface area (Å²) in [6.07, 6.45) is 1.26. The largest absolute Gasteiger partial charge is 0.493 e. The summed E-state index contributed by atoms with van der Waals surface area (Å²) in [6.45, 7) is 5.99. The Hall–Kier alpha value is -2.49. The molecule has 24 heavy (non-hydrogen) atoms. The lowest BCUT2D eigenvalue weighted by atomic mass is 10.1. The van der Waals surface area contributed by atoms with E-state index in [-0.39, 0.29) is 5.91 Å². The highest BCUT2D eigenvalue weighted by Crippen LogP contribution is 2.20. The molecule has 0 aliphatic carbocycles. The molecule has 128 valence electrons. The minimum absolute atomic E-state index is 0.0278. The lowest BCUT2D eigenvalue weighted by molar-refractivity contribution is -0.121. The molecule has 2 rings (SSSR count). The van der Waals surface area contributed by atoms with Gasteiger partial charge in [0.15, 0.2) is 0 Å². The molecule has 0 spiro atoms. The second-order valence-electron chi connectivity index (χ2n) is 5.79.